The van der Waals surface area contributed by atoms with Crippen LogP contribution in [-0.4, -0.2) is 11.9 Å². The van der Waals surface area contributed by atoms with E-state index in [1.165, 1.54) is 6.42 Å². The molecule has 1 aliphatic carbocycles. The van der Waals surface area contributed by atoms with Gasteiger partial charge in [-0.15, -0.1) is 0 Å². The van der Waals surface area contributed by atoms with Crippen molar-refractivity contribution in [2.45, 2.75) is 39.2 Å². The van der Waals surface area contributed by atoms with E-state index in [-0.39, 0.29) is 5.91 Å². The van der Waals surface area contributed by atoms with Gasteiger partial charge in [-0.25, -0.2) is 0 Å². The molecular weight excluding hydrogens is 212 g/mol. The van der Waals surface area contributed by atoms with Gasteiger partial charge in [-0.1, -0.05) is 13.0 Å². The lowest BCUT2D eigenvalue weighted by Crippen LogP contribution is -2.33. The highest BCUT2D eigenvalue weighted by molar-refractivity contribution is 5.97. The smallest absolute Gasteiger partial charge is 0.251 e. The number of rotatable bonds is 2. The van der Waals surface area contributed by atoms with Crippen molar-refractivity contribution in [2.24, 2.45) is 5.92 Å². The van der Waals surface area contributed by atoms with Crippen LogP contribution in [0.2, 0.25) is 0 Å². The molecule has 1 aliphatic rings. The molecule has 1 fully saturated rings. The Morgan fingerprint density at radius 1 is 1.41 bits per heavy atom. The minimum atomic E-state index is 0.00824. The molecular formula is C14H20N2O. The quantitative estimate of drug-likeness (QED) is 0.770. The number of hydrogen-bond donors (Lipinski definition) is 2. The average molecular weight is 232 g/mol. The molecule has 17 heavy (non-hydrogen) atoms. The van der Waals surface area contributed by atoms with Crippen molar-refractivity contribution in [2.75, 3.05) is 5.73 Å². The Kier molecular flexibility index (Phi) is 3.36. The van der Waals surface area contributed by atoms with E-state index in [9.17, 15) is 4.79 Å². The van der Waals surface area contributed by atoms with Crippen LogP contribution in [0.25, 0.3) is 0 Å². The van der Waals surface area contributed by atoms with Gasteiger partial charge in [0.1, 0.15) is 0 Å². The van der Waals surface area contributed by atoms with Crippen molar-refractivity contribution < 1.29 is 4.79 Å². The van der Waals surface area contributed by atoms with Crippen molar-refractivity contribution in [3.05, 3.63) is 29.3 Å². The molecule has 2 unspecified atom stereocenters. The van der Waals surface area contributed by atoms with E-state index >= 15 is 0 Å². The molecule has 3 N–H and O–H groups in total. The number of nitrogens with two attached hydrogens (primary N) is 1. The summed E-state index contributed by atoms with van der Waals surface area (Å²) in [4.78, 5) is 12.1. The summed E-state index contributed by atoms with van der Waals surface area (Å²) in [6.07, 6.45) is 3.39. The molecule has 0 saturated heterocycles. The first-order chi connectivity index (χ1) is 8.08. The van der Waals surface area contributed by atoms with Crippen LogP contribution >= 0.6 is 0 Å². The number of amides is 1. The zero-order valence-electron chi connectivity index (χ0n) is 10.5. The molecule has 3 nitrogen and oxygen atoms in total. The molecule has 0 aliphatic heterocycles. The minimum absolute atomic E-state index is 0.00824. The molecule has 92 valence electrons. The van der Waals surface area contributed by atoms with E-state index in [2.05, 4.69) is 12.2 Å². The fourth-order valence-electron chi connectivity index (χ4n) is 2.50. The second kappa shape index (κ2) is 4.78. The Bertz CT molecular complexity index is 428. The Labute approximate surface area is 102 Å². The third-order valence-corrected chi connectivity index (χ3v) is 3.65. The van der Waals surface area contributed by atoms with E-state index in [0.29, 0.717) is 17.3 Å². The molecule has 0 radical (unpaired) electrons. The van der Waals surface area contributed by atoms with Crippen LogP contribution in [0.3, 0.4) is 0 Å². The maximum absolute atomic E-state index is 12.1. The Hall–Kier alpha value is -1.51. The van der Waals surface area contributed by atoms with Gasteiger partial charge in [-0.3, -0.25) is 4.79 Å². The van der Waals surface area contributed by atoms with Gasteiger partial charge in [0.2, 0.25) is 0 Å². The highest BCUT2D eigenvalue weighted by atomic mass is 16.1. The van der Waals surface area contributed by atoms with Crippen molar-refractivity contribution in [1.29, 1.82) is 0 Å². The first kappa shape index (κ1) is 12.0. The van der Waals surface area contributed by atoms with Crippen molar-refractivity contribution >= 4 is 11.6 Å². The number of anilines is 1. The van der Waals surface area contributed by atoms with Gasteiger partial charge < -0.3 is 11.1 Å². The molecule has 2 atom stereocenters. The lowest BCUT2D eigenvalue weighted by molar-refractivity contribution is 0.0936. The lowest BCUT2D eigenvalue weighted by atomic mass is 10.1. The molecule has 3 heteroatoms. The maximum Gasteiger partial charge on any atom is 0.251 e. The summed E-state index contributed by atoms with van der Waals surface area (Å²) in [6, 6.07) is 5.82. The maximum atomic E-state index is 12.1. The van der Waals surface area contributed by atoms with Crippen LogP contribution in [0.4, 0.5) is 5.69 Å². The van der Waals surface area contributed by atoms with Gasteiger partial charge in [0, 0.05) is 17.3 Å². The molecule has 1 saturated carbocycles. The monoisotopic (exact) mass is 232 g/mol. The first-order valence-corrected chi connectivity index (χ1v) is 6.24. The predicted molar refractivity (Wildman–Crippen MR) is 69.9 cm³/mol. The normalized spacial score (nSPS) is 23.6. The van der Waals surface area contributed by atoms with Crippen LogP contribution in [0.5, 0.6) is 0 Å². The van der Waals surface area contributed by atoms with Gasteiger partial charge >= 0.3 is 0 Å². The van der Waals surface area contributed by atoms with Crippen LogP contribution in [0.1, 0.15) is 42.1 Å². The number of carbonyl (C=O) groups excluding carboxylic acids is 1. The lowest BCUT2D eigenvalue weighted by Gasteiger charge is -2.14. The van der Waals surface area contributed by atoms with Gasteiger partial charge in [-0.05, 0) is 49.8 Å². The van der Waals surface area contributed by atoms with E-state index in [1.54, 1.807) is 0 Å². The molecule has 0 aromatic heterocycles. The van der Waals surface area contributed by atoms with E-state index in [4.69, 9.17) is 5.73 Å². The molecule has 1 amide bonds. The predicted octanol–water partition coefficient (Wildman–Crippen LogP) is 2.50. The number of hydrogen-bond acceptors (Lipinski definition) is 2. The minimum Gasteiger partial charge on any atom is -0.398 e. The van der Waals surface area contributed by atoms with Crippen LogP contribution in [0, 0.1) is 12.8 Å². The molecule has 0 heterocycles. The zero-order valence-corrected chi connectivity index (χ0v) is 10.5. The van der Waals surface area contributed by atoms with Crippen molar-refractivity contribution in [1.82, 2.24) is 5.32 Å². The largest absolute Gasteiger partial charge is 0.398 e. The zero-order chi connectivity index (χ0) is 12.4. The SMILES string of the molecule is Cc1c(N)cccc1C(=O)NC1CCC(C)C1. The summed E-state index contributed by atoms with van der Waals surface area (Å²) < 4.78 is 0. The second-order valence-electron chi connectivity index (χ2n) is 5.11. The average Bonchev–Trinajstić information content (AvgIpc) is 2.68. The summed E-state index contributed by atoms with van der Waals surface area (Å²) in [7, 11) is 0. The van der Waals surface area contributed by atoms with Crippen LogP contribution < -0.4 is 11.1 Å². The van der Waals surface area contributed by atoms with Gasteiger partial charge in [0.05, 0.1) is 0 Å². The fraction of sp³-hybridized carbons (Fsp3) is 0.500. The number of nitrogen functional groups attached to an aromatic ring is 1. The molecule has 2 rings (SSSR count). The number of benzene rings is 1. The van der Waals surface area contributed by atoms with E-state index in [0.717, 1.165) is 24.3 Å². The topological polar surface area (TPSA) is 55.1 Å². The Morgan fingerprint density at radius 2 is 2.18 bits per heavy atom. The van der Waals surface area contributed by atoms with Gasteiger partial charge in [0.15, 0.2) is 0 Å². The number of nitrogens with one attached hydrogen (secondary N) is 1. The van der Waals surface area contributed by atoms with E-state index in [1.807, 2.05) is 25.1 Å². The molecule has 0 bridgehead atoms. The fourth-order valence-corrected chi connectivity index (χ4v) is 2.50. The summed E-state index contributed by atoms with van der Waals surface area (Å²) in [5.41, 5.74) is 8.06. The van der Waals surface area contributed by atoms with Gasteiger partial charge in [-0.2, -0.15) is 0 Å². The highest BCUT2D eigenvalue weighted by Gasteiger charge is 2.23. The summed E-state index contributed by atoms with van der Waals surface area (Å²) in [5, 5.41) is 3.10. The van der Waals surface area contributed by atoms with Crippen LogP contribution in [-0.2, 0) is 0 Å². The highest BCUT2D eigenvalue weighted by Crippen LogP contribution is 2.25. The molecule has 1 aromatic rings. The van der Waals surface area contributed by atoms with E-state index < -0.39 is 0 Å². The number of carbonyl (C=O) groups is 1. The molecule has 1 aromatic carbocycles. The van der Waals surface area contributed by atoms with Crippen molar-refractivity contribution in [3.63, 3.8) is 0 Å². The third kappa shape index (κ3) is 2.60. The van der Waals surface area contributed by atoms with Crippen LogP contribution in [0.15, 0.2) is 18.2 Å². The standard InChI is InChI=1S/C14H20N2O/c1-9-6-7-11(8-9)16-14(17)12-4-3-5-13(15)10(12)2/h3-5,9,11H,6-8,15H2,1-2H3,(H,16,17). The second-order valence-corrected chi connectivity index (χ2v) is 5.11. The Balaban J connectivity index is 2.07. The molecule has 0 spiro atoms. The third-order valence-electron chi connectivity index (χ3n) is 3.65. The summed E-state index contributed by atoms with van der Waals surface area (Å²) in [6.45, 7) is 4.12. The van der Waals surface area contributed by atoms with Crippen molar-refractivity contribution in [3.8, 4) is 0 Å². The summed E-state index contributed by atoms with van der Waals surface area (Å²) in [5.74, 6) is 0.733. The first-order valence-electron chi connectivity index (χ1n) is 6.24. The summed E-state index contributed by atoms with van der Waals surface area (Å²) >= 11 is 0. The van der Waals surface area contributed by atoms with Gasteiger partial charge in [0.25, 0.3) is 5.91 Å². The Morgan fingerprint density at radius 3 is 2.82 bits per heavy atom.